The van der Waals surface area contributed by atoms with Crippen molar-refractivity contribution in [2.75, 3.05) is 68.4 Å². The normalized spacial score (nSPS) is 12.6. The van der Waals surface area contributed by atoms with Crippen molar-refractivity contribution in [3.05, 3.63) is 243 Å². The van der Waals surface area contributed by atoms with Crippen LogP contribution in [0.5, 0.6) is 5.75 Å². The summed E-state index contributed by atoms with van der Waals surface area (Å²) in [5.74, 6) is -5.00. The zero-order valence-corrected chi connectivity index (χ0v) is 80.4. The first-order valence-corrected chi connectivity index (χ1v) is 46.6. The van der Waals surface area contributed by atoms with Crippen molar-refractivity contribution in [3.63, 3.8) is 0 Å². The molecule has 0 aliphatic heterocycles. The second kappa shape index (κ2) is 58.3. The van der Waals surface area contributed by atoms with Gasteiger partial charge in [0, 0.05) is 111 Å². The van der Waals surface area contributed by atoms with Crippen molar-refractivity contribution in [1.82, 2.24) is 37.2 Å². The topological polar surface area (TPSA) is 590 Å². The predicted molar refractivity (Wildman–Crippen MR) is 527 cm³/mol. The summed E-state index contributed by atoms with van der Waals surface area (Å²) in [6.07, 6.45) is -1.67. The first-order chi connectivity index (χ1) is 67.0. The van der Waals surface area contributed by atoms with Crippen LogP contribution in [0.2, 0.25) is 0 Å². The molecule has 38 nitrogen and oxygen atoms in total. The van der Waals surface area contributed by atoms with Gasteiger partial charge in [-0.05, 0) is 187 Å². The zero-order chi connectivity index (χ0) is 102. The quantitative estimate of drug-likeness (QED) is 0.00421. The molecule has 38 heteroatoms. The number of quaternary nitrogens is 1. The van der Waals surface area contributed by atoms with Crippen LogP contribution in [0.15, 0.2) is 194 Å². The molecule has 10 rings (SSSR count). The molecule has 6 atom stereocenters. The first-order valence-electron chi connectivity index (χ1n) is 46.6. The number of hydrogen-bond donors (Lipinski definition) is 15. The van der Waals surface area contributed by atoms with Crippen LogP contribution in [0.4, 0.5) is 61.1 Å². The number of fused-ring (bicyclic) bond motifs is 6. The number of rotatable bonds is 46. The van der Waals surface area contributed by atoms with E-state index in [1.54, 1.807) is 100 Å². The molecule has 0 fully saturated rings. The van der Waals surface area contributed by atoms with E-state index in [9.17, 15) is 77.2 Å². The van der Waals surface area contributed by atoms with Gasteiger partial charge in [0.2, 0.25) is 17.7 Å². The average molecular weight is 1930 g/mol. The van der Waals surface area contributed by atoms with Crippen molar-refractivity contribution in [2.45, 2.75) is 170 Å². The maximum absolute atomic E-state index is 13.7. The third-order valence-electron chi connectivity index (χ3n) is 22.5. The Balaban J connectivity index is 0.000000291. The fourth-order valence-electron chi connectivity index (χ4n) is 15.3. The Kier molecular flexibility index (Phi) is 46.5. The molecule has 21 N–H and O–H groups in total. The van der Waals surface area contributed by atoms with Crippen LogP contribution in [0.1, 0.15) is 171 Å². The van der Waals surface area contributed by atoms with E-state index in [0.717, 1.165) is 62.2 Å². The lowest BCUT2D eigenvalue weighted by Crippen LogP contribution is -2.48. The molecule has 0 aromatic heterocycles. The molecule has 2 aliphatic carbocycles. The van der Waals surface area contributed by atoms with Crippen molar-refractivity contribution >= 4 is 106 Å². The highest BCUT2D eigenvalue weighted by atomic mass is 16.7. The number of primary amides is 3. The van der Waals surface area contributed by atoms with Gasteiger partial charge in [-0.1, -0.05) is 175 Å². The SMILES string of the molecule is CC(C)[C@H](NC(=O)OCC1c2ccccc2-c2ccccc21)C(=O)C[C@@H](CCCNC(N)=O)C(=O)Nc1ccc(COC(=O)Oc2ccc([N+](=O)[O-])cc2)cc1.CCNC(=O)OCc1ccc(NC(=O)[C@H](CCCNC(N)=O)CC(=O)[C@@H](N)C(C)C)cc1.CCNC(=O)OCc1ccc(NC(=O)[C@H](CCCNC(N)=O)CC(=O)[C@@H](NC(=O)OCC2c3ccccc3-c3ccccc32)C(C)C)cc1.CC[NH3+]. The minimum absolute atomic E-state index is 0.0141. The number of alkyl carbamates (subject to hydrolysis) is 4. The molecule has 0 saturated heterocycles. The highest BCUT2D eigenvalue weighted by Gasteiger charge is 2.36. The summed E-state index contributed by atoms with van der Waals surface area (Å²) in [6, 6.07) is 52.5. The number of Topliss-reactive ketones (excluding diaryl/α,β-unsaturated/α-hetero) is 3. The summed E-state index contributed by atoms with van der Waals surface area (Å²) in [4.78, 5) is 184. The van der Waals surface area contributed by atoms with Crippen molar-refractivity contribution < 1.29 is 106 Å². The Morgan fingerprint density at radius 2 is 0.686 bits per heavy atom. The van der Waals surface area contributed by atoms with Gasteiger partial charge in [-0.3, -0.25) is 38.9 Å². The second-order valence-electron chi connectivity index (χ2n) is 34.2. The number of carbonyl (C=O) groups is 14. The van der Waals surface area contributed by atoms with Gasteiger partial charge < -0.3 is 110 Å². The van der Waals surface area contributed by atoms with E-state index in [1.807, 2.05) is 120 Å². The van der Waals surface area contributed by atoms with E-state index in [2.05, 4.69) is 71.0 Å². The number of amides is 13. The summed E-state index contributed by atoms with van der Waals surface area (Å²) in [6.45, 7) is 19.4. The molecular weight excluding hydrogens is 1800 g/mol. The van der Waals surface area contributed by atoms with E-state index in [-0.39, 0.29) is 148 Å². The number of non-ortho nitro benzene ring substituents is 1. The highest BCUT2D eigenvalue weighted by Crippen LogP contribution is 2.46. The number of nitrogens with one attached hydrogen (secondary N) is 10. The van der Waals surface area contributed by atoms with E-state index in [0.29, 0.717) is 67.9 Å². The number of nitro groups is 1. The fraction of sp³-hybridized carbons (Fsp3) is 0.392. The summed E-state index contributed by atoms with van der Waals surface area (Å²) in [7, 11) is 0. The van der Waals surface area contributed by atoms with E-state index >= 15 is 0 Å². The summed E-state index contributed by atoms with van der Waals surface area (Å²) in [5, 5.41) is 37.3. The molecule has 140 heavy (non-hydrogen) atoms. The monoisotopic (exact) mass is 1930 g/mol. The number of ether oxygens (including phenoxy) is 6. The van der Waals surface area contributed by atoms with Crippen LogP contribution in [-0.2, 0) is 72.3 Å². The molecule has 0 spiro atoms. The maximum atomic E-state index is 13.7. The number of hydrogen-bond acceptors (Lipinski definition) is 23. The van der Waals surface area contributed by atoms with Crippen molar-refractivity contribution in [3.8, 4) is 28.0 Å². The van der Waals surface area contributed by atoms with Gasteiger partial charge in [0.1, 0.15) is 38.8 Å². The van der Waals surface area contributed by atoms with Gasteiger partial charge in [-0.2, -0.15) is 0 Å². The molecule has 750 valence electrons. The van der Waals surface area contributed by atoms with Gasteiger partial charge in [-0.15, -0.1) is 0 Å². The Labute approximate surface area is 813 Å². The fourth-order valence-corrected chi connectivity index (χ4v) is 15.3. The largest absolute Gasteiger partial charge is 0.514 e. The Bertz CT molecular complexity index is 5380. The van der Waals surface area contributed by atoms with Crippen LogP contribution in [0.25, 0.3) is 22.3 Å². The van der Waals surface area contributed by atoms with Gasteiger partial charge >= 0.3 is 48.6 Å². The number of anilines is 3. The molecule has 0 unspecified atom stereocenters. The van der Waals surface area contributed by atoms with Gasteiger partial charge in [0.25, 0.3) is 5.69 Å². The minimum atomic E-state index is -1.01. The lowest BCUT2D eigenvalue weighted by Gasteiger charge is -2.24. The Morgan fingerprint density at radius 1 is 0.386 bits per heavy atom. The Morgan fingerprint density at radius 3 is 0.971 bits per heavy atom. The number of nitrogens with two attached hydrogens (primary N) is 4. The lowest BCUT2D eigenvalue weighted by molar-refractivity contribution is -0.384. The average Bonchev–Trinajstić information content (AvgIpc) is 1.62. The van der Waals surface area contributed by atoms with E-state index in [1.165, 1.54) is 24.3 Å². The minimum Gasteiger partial charge on any atom is -0.449 e. The van der Waals surface area contributed by atoms with Crippen LogP contribution < -0.4 is 86.6 Å². The van der Waals surface area contributed by atoms with Gasteiger partial charge in [0.15, 0.2) is 17.3 Å². The zero-order valence-electron chi connectivity index (χ0n) is 80.4. The van der Waals surface area contributed by atoms with Crippen molar-refractivity contribution in [1.29, 1.82) is 0 Å². The molecule has 0 bridgehead atoms. The summed E-state index contributed by atoms with van der Waals surface area (Å²) < 4.78 is 31.7. The van der Waals surface area contributed by atoms with Gasteiger partial charge in [-0.25, -0.2) is 38.4 Å². The van der Waals surface area contributed by atoms with E-state index < -0.39 is 95.3 Å². The molecule has 2 aliphatic rings. The molecule has 0 heterocycles. The number of carbonyl (C=O) groups excluding carboxylic acids is 14. The lowest BCUT2D eigenvalue weighted by atomic mass is 9.89. The van der Waals surface area contributed by atoms with Crippen LogP contribution in [0, 0.1) is 45.6 Å². The first kappa shape index (κ1) is 112. The van der Waals surface area contributed by atoms with Crippen LogP contribution in [-0.4, -0.2) is 159 Å². The van der Waals surface area contributed by atoms with Crippen molar-refractivity contribution in [2.24, 2.45) is 58.4 Å². The molecule has 8 aromatic rings. The third kappa shape index (κ3) is 37.3. The summed E-state index contributed by atoms with van der Waals surface area (Å²) in [5.41, 5.74) is 36.9. The third-order valence-corrected chi connectivity index (χ3v) is 22.5. The molecule has 0 radical (unpaired) electrons. The standard InChI is InChI=1S/C41H43N5O10.C37H45N5O7.C22H35N5O5.C2H7N/c1-25(2)37(45-40(50)54-24-35-33-11-5-3-9-31(33)32-10-4-6-12-34(32)35)36(47)22-27(8-7-21-43-39(42)49)38(48)44-28-15-13-26(14-16-28)23-55-41(51)56-30-19-17-29(18-20-30)46(52)53;1-4-39-36(46)48-21-24-15-17-26(18-16-24)41-34(44)25(10-9-19-40-35(38)45)20-32(43)33(23(2)3)42-37(47)49-22-31-29-13-7-5-11-27(29)28-12-6-8-14-30(28)31;1-4-25-22(31)32-13-15-7-9-17(10-8-15)27-20(29)16(6-5-11-26-21(24)30)12-18(28)19(23)14(2)3;1-2-3/h3-6,9-20,25,27,35,37H,7-8,21-24H2,1-2H3,(H,44,48)(H,45,50)(H3,42,43,49);5-8,11-18,23,25,31,33H,4,9-10,19-22H2,1-3H3,(H,39,46)(H,41,44)(H,42,47)(H3,38,40,45);7-10,14,16,19H,4-6,11-13,23H2,1-3H3,(H,25,31)(H,27,29)(H3,24,26,30);2-3H2,1H3/p+1/t27-,37+;25-,33+;16-,19+;/m111./s1. The predicted octanol–water partition coefficient (Wildman–Crippen LogP) is 13.4. The number of ketones is 3. The van der Waals surface area contributed by atoms with Crippen LogP contribution >= 0.6 is 0 Å². The van der Waals surface area contributed by atoms with Crippen LogP contribution in [0.3, 0.4) is 0 Å². The van der Waals surface area contributed by atoms with E-state index in [4.69, 9.17) is 51.4 Å². The summed E-state index contributed by atoms with van der Waals surface area (Å²) >= 11 is 0. The highest BCUT2D eigenvalue weighted by molar-refractivity contribution is 5.99. The number of nitrogens with zero attached hydrogens (tertiary/aromatic N) is 1. The molecule has 0 saturated carbocycles. The number of nitro benzene ring substituents is 1. The number of urea groups is 3. The molecule has 8 aromatic carbocycles. The molecular formula is C102H131N16O22+. The van der Waals surface area contributed by atoms with Gasteiger partial charge in [0.05, 0.1) is 29.6 Å². The smallest absolute Gasteiger partial charge is 0.449 e. The Hall–Kier alpha value is -15.3. The number of benzene rings is 8. The second-order valence-corrected chi connectivity index (χ2v) is 34.2. The maximum Gasteiger partial charge on any atom is 0.514 e. The molecule has 13 amide bonds.